The Kier molecular flexibility index (Phi) is 5.68. The van der Waals surface area contributed by atoms with E-state index >= 15 is 0 Å². The van der Waals surface area contributed by atoms with Gasteiger partial charge in [-0.25, -0.2) is 0 Å². The molecule has 0 aliphatic heterocycles. The Hall–Kier alpha value is -3.38. The van der Waals surface area contributed by atoms with Crippen molar-refractivity contribution >= 4 is 38.5 Å². The molecular weight excluding hydrogens is 446 g/mol. The lowest BCUT2D eigenvalue weighted by molar-refractivity contribution is -0.118. The molecule has 0 spiro atoms. The molecule has 4 aromatic rings. The van der Waals surface area contributed by atoms with Gasteiger partial charge in [0.05, 0.1) is 5.39 Å². The number of fused-ring (bicyclic) bond motifs is 1. The van der Waals surface area contributed by atoms with Crippen molar-refractivity contribution in [3.63, 3.8) is 0 Å². The Bertz CT molecular complexity index is 1260. The van der Waals surface area contributed by atoms with Crippen LogP contribution in [0.15, 0.2) is 86.5 Å². The number of hydrogen-bond acceptors (Lipinski definition) is 4. The summed E-state index contributed by atoms with van der Waals surface area (Å²) in [4.78, 5) is 25.5. The van der Waals surface area contributed by atoms with Gasteiger partial charge in [0.2, 0.25) is 5.43 Å². The second-order valence-corrected chi connectivity index (χ2v) is 7.72. The van der Waals surface area contributed by atoms with Gasteiger partial charge < -0.3 is 14.5 Å². The third kappa shape index (κ3) is 4.28. The fraction of sp³-hybridized carbons (Fsp3) is 0.0833. The van der Waals surface area contributed by atoms with Crippen LogP contribution in [0.2, 0.25) is 0 Å². The van der Waals surface area contributed by atoms with Crippen LogP contribution in [0.3, 0.4) is 0 Å². The van der Waals surface area contributed by atoms with Gasteiger partial charge in [-0.15, -0.1) is 0 Å². The first kappa shape index (κ1) is 19.9. The predicted octanol–water partition coefficient (Wildman–Crippen LogP) is 5.55. The highest BCUT2D eigenvalue weighted by Gasteiger charge is 2.18. The molecule has 4 rings (SSSR count). The van der Waals surface area contributed by atoms with E-state index in [0.717, 1.165) is 10.0 Å². The summed E-state index contributed by atoms with van der Waals surface area (Å²) >= 11 is 3.35. The molecule has 3 aromatic carbocycles. The summed E-state index contributed by atoms with van der Waals surface area (Å²) in [5.41, 5.74) is 2.88. The molecule has 5 nitrogen and oxygen atoms in total. The van der Waals surface area contributed by atoms with Crippen molar-refractivity contribution in [1.29, 1.82) is 0 Å². The Morgan fingerprint density at radius 3 is 2.43 bits per heavy atom. The first-order chi connectivity index (χ1) is 14.5. The van der Waals surface area contributed by atoms with Gasteiger partial charge in [-0.05, 0) is 48.9 Å². The van der Waals surface area contributed by atoms with E-state index in [2.05, 4.69) is 21.2 Å². The average molecular weight is 464 g/mol. The fourth-order valence-electron chi connectivity index (χ4n) is 3.05. The van der Waals surface area contributed by atoms with Gasteiger partial charge in [0.15, 0.2) is 6.61 Å². The van der Waals surface area contributed by atoms with Crippen LogP contribution in [0.4, 0.5) is 5.69 Å². The molecule has 0 saturated carbocycles. The molecule has 150 valence electrons. The van der Waals surface area contributed by atoms with Gasteiger partial charge in [-0.2, -0.15) is 0 Å². The number of nitrogens with one attached hydrogen (secondary N) is 1. The van der Waals surface area contributed by atoms with Gasteiger partial charge in [0.25, 0.3) is 11.9 Å². The Morgan fingerprint density at radius 2 is 1.70 bits per heavy atom. The Labute approximate surface area is 181 Å². The highest BCUT2D eigenvalue weighted by Crippen LogP contribution is 2.30. The van der Waals surface area contributed by atoms with E-state index in [1.54, 1.807) is 36.4 Å². The standard InChI is InChI=1S/C24H18BrNO4/c1-15-6-8-16(9-7-15)22-23(28)19-4-2-3-5-20(19)30-24(22)29-14-21(27)26-18-12-10-17(25)11-13-18/h2-13H,14H2,1H3,(H,26,27). The molecule has 0 atom stereocenters. The maximum atomic E-state index is 13.2. The minimum absolute atomic E-state index is 0.0218. The van der Waals surface area contributed by atoms with Crippen LogP contribution in [0.1, 0.15) is 5.56 Å². The highest BCUT2D eigenvalue weighted by atomic mass is 79.9. The van der Waals surface area contributed by atoms with Crippen LogP contribution in [-0.4, -0.2) is 12.5 Å². The minimum atomic E-state index is -0.358. The number of benzene rings is 3. The number of carbonyl (C=O) groups is 1. The minimum Gasteiger partial charge on any atom is -0.454 e. The molecule has 0 aliphatic rings. The predicted molar refractivity (Wildman–Crippen MR) is 121 cm³/mol. The number of hydrogen-bond donors (Lipinski definition) is 1. The number of para-hydroxylation sites is 1. The third-order valence-electron chi connectivity index (χ3n) is 4.57. The van der Waals surface area contributed by atoms with Crippen LogP contribution < -0.4 is 15.5 Å². The molecule has 0 fully saturated rings. The molecule has 0 aliphatic carbocycles. The van der Waals surface area contributed by atoms with E-state index in [0.29, 0.717) is 27.8 Å². The molecule has 30 heavy (non-hydrogen) atoms. The summed E-state index contributed by atoms with van der Waals surface area (Å²) in [7, 11) is 0. The smallest absolute Gasteiger partial charge is 0.297 e. The number of aryl methyl sites for hydroxylation is 1. The summed E-state index contributed by atoms with van der Waals surface area (Å²) in [5.74, 6) is -0.337. The molecule has 6 heteroatoms. The van der Waals surface area contributed by atoms with Crippen molar-refractivity contribution < 1.29 is 13.9 Å². The normalized spacial score (nSPS) is 10.7. The summed E-state index contributed by atoms with van der Waals surface area (Å²) in [5, 5.41) is 3.21. The topological polar surface area (TPSA) is 68.5 Å². The lowest BCUT2D eigenvalue weighted by Crippen LogP contribution is -2.21. The van der Waals surface area contributed by atoms with Crippen LogP contribution in [0.25, 0.3) is 22.1 Å². The number of amides is 1. The van der Waals surface area contributed by atoms with Gasteiger partial charge in [-0.1, -0.05) is 57.9 Å². The summed E-state index contributed by atoms with van der Waals surface area (Å²) in [6.07, 6.45) is 0. The summed E-state index contributed by atoms with van der Waals surface area (Å²) in [6, 6.07) is 21.7. The summed E-state index contributed by atoms with van der Waals surface area (Å²) < 4.78 is 12.5. The van der Waals surface area contributed by atoms with Gasteiger partial charge in [0, 0.05) is 10.2 Å². The van der Waals surface area contributed by atoms with E-state index in [1.165, 1.54) is 0 Å². The van der Waals surface area contributed by atoms with Gasteiger partial charge >= 0.3 is 0 Å². The average Bonchev–Trinajstić information content (AvgIpc) is 2.75. The monoisotopic (exact) mass is 463 g/mol. The SMILES string of the molecule is Cc1ccc(-c2c(OCC(=O)Nc3ccc(Br)cc3)oc3ccccc3c2=O)cc1. The van der Waals surface area contributed by atoms with Crippen molar-refractivity contribution in [1.82, 2.24) is 0 Å². The van der Waals surface area contributed by atoms with E-state index in [1.807, 2.05) is 43.3 Å². The molecule has 0 bridgehead atoms. The van der Waals surface area contributed by atoms with Gasteiger partial charge in [0.1, 0.15) is 11.1 Å². The number of ether oxygens (including phenoxy) is 1. The zero-order valence-corrected chi connectivity index (χ0v) is 17.7. The van der Waals surface area contributed by atoms with Crippen molar-refractivity contribution in [3.8, 4) is 17.1 Å². The molecule has 0 unspecified atom stereocenters. The Morgan fingerprint density at radius 1 is 1.00 bits per heavy atom. The van der Waals surface area contributed by atoms with E-state index < -0.39 is 0 Å². The van der Waals surface area contributed by atoms with Crippen LogP contribution in [0.5, 0.6) is 5.95 Å². The quantitative estimate of drug-likeness (QED) is 0.421. The van der Waals surface area contributed by atoms with E-state index in [4.69, 9.17) is 9.15 Å². The lowest BCUT2D eigenvalue weighted by Gasteiger charge is -2.12. The third-order valence-corrected chi connectivity index (χ3v) is 5.10. The maximum absolute atomic E-state index is 13.2. The molecule has 1 heterocycles. The zero-order chi connectivity index (χ0) is 21.1. The van der Waals surface area contributed by atoms with Crippen molar-refractivity contribution in [2.45, 2.75) is 6.92 Å². The van der Waals surface area contributed by atoms with E-state index in [-0.39, 0.29) is 23.9 Å². The number of carbonyl (C=O) groups excluding carboxylic acids is 1. The fourth-order valence-corrected chi connectivity index (χ4v) is 3.32. The molecule has 0 radical (unpaired) electrons. The number of rotatable bonds is 5. The molecular formula is C24H18BrNO4. The van der Waals surface area contributed by atoms with E-state index in [9.17, 15) is 9.59 Å². The Balaban J connectivity index is 1.66. The van der Waals surface area contributed by atoms with Gasteiger partial charge in [-0.3, -0.25) is 9.59 Å². The largest absolute Gasteiger partial charge is 0.454 e. The van der Waals surface area contributed by atoms with Crippen molar-refractivity contribution in [2.75, 3.05) is 11.9 Å². The highest BCUT2D eigenvalue weighted by molar-refractivity contribution is 9.10. The molecule has 1 aromatic heterocycles. The van der Waals surface area contributed by atoms with Crippen molar-refractivity contribution in [3.05, 3.63) is 93.1 Å². The molecule has 1 amide bonds. The number of anilines is 1. The van der Waals surface area contributed by atoms with Crippen LogP contribution in [0, 0.1) is 6.92 Å². The van der Waals surface area contributed by atoms with Crippen molar-refractivity contribution in [2.24, 2.45) is 0 Å². The maximum Gasteiger partial charge on any atom is 0.297 e. The first-order valence-corrected chi connectivity index (χ1v) is 10.1. The summed E-state index contributed by atoms with van der Waals surface area (Å²) in [6.45, 7) is 1.67. The zero-order valence-electron chi connectivity index (χ0n) is 16.1. The van der Waals surface area contributed by atoms with Crippen LogP contribution >= 0.6 is 15.9 Å². The second kappa shape index (κ2) is 8.55. The molecule has 1 N–H and O–H groups in total. The second-order valence-electron chi connectivity index (χ2n) is 6.80. The van der Waals surface area contributed by atoms with Crippen LogP contribution in [-0.2, 0) is 4.79 Å². The first-order valence-electron chi connectivity index (χ1n) is 9.32. The number of halogens is 1. The molecule has 0 saturated heterocycles. The lowest BCUT2D eigenvalue weighted by atomic mass is 10.0.